The van der Waals surface area contributed by atoms with E-state index in [-0.39, 0.29) is 0 Å². The molecule has 0 radical (unpaired) electrons. The van der Waals surface area contributed by atoms with Gasteiger partial charge in [-0.3, -0.25) is 9.10 Å². The lowest BCUT2D eigenvalue weighted by Gasteiger charge is -2.28. The van der Waals surface area contributed by atoms with Crippen molar-refractivity contribution in [2.45, 2.75) is 19.9 Å². The lowest BCUT2D eigenvalue weighted by atomic mass is 10.2. The molecule has 2 aromatic rings. The first-order valence-corrected chi connectivity index (χ1v) is 9.96. The molecule has 1 amide bonds. The molecule has 24 heavy (non-hydrogen) atoms. The van der Waals surface area contributed by atoms with Crippen LogP contribution in [0.2, 0.25) is 0 Å². The van der Waals surface area contributed by atoms with E-state index in [9.17, 15) is 13.2 Å². The summed E-state index contributed by atoms with van der Waals surface area (Å²) in [6.07, 6.45) is 1.09. The van der Waals surface area contributed by atoms with Crippen molar-refractivity contribution in [1.82, 2.24) is 0 Å². The average molecular weight is 411 g/mol. The van der Waals surface area contributed by atoms with Crippen LogP contribution in [0.4, 0.5) is 11.4 Å². The third kappa shape index (κ3) is 4.36. The Kier molecular flexibility index (Phi) is 5.66. The van der Waals surface area contributed by atoms with Crippen LogP contribution in [0.3, 0.4) is 0 Å². The molecule has 0 spiro atoms. The minimum Gasteiger partial charge on any atom is -0.323 e. The molecule has 0 fully saturated rings. The van der Waals surface area contributed by atoms with E-state index in [1.54, 1.807) is 37.3 Å². The van der Waals surface area contributed by atoms with Gasteiger partial charge in [0, 0.05) is 4.47 Å². The Morgan fingerprint density at radius 2 is 1.71 bits per heavy atom. The number of aryl methyl sites for hydroxylation is 1. The summed E-state index contributed by atoms with van der Waals surface area (Å²) in [5.74, 6) is -0.409. The molecule has 0 aromatic heterocycles. The minimum atomic E-state index is -3.62. The number of carbonyl (C=O) groups excluding carboxylic acids is 1. The molecule has 0 aliphatic rings. The molecule has 2 aromatic carbocycles. The number of carbonyl (C=O) groups is 1. The summed E-state index contributed by atoms with van der Waals surface area (Å²) in [4.78, 5) is 12.6. The Hall–Kier alpha value is -1.86. The highest BCUT2D eigenvalue weighted by Gasteiger charge is 2.29. The quantitative estimate of drug-likeness (QED) is 0.819. The van der Waals surface area contributed by atoms with E-state index in [0.717, 1.165) is 20.6 Å². The standard InChI is InChI=1S/C17H19BrN2O3S/c1-12-8-10-14(11-9-12)20(24(3,22)23)13(2)17(21)19-16-7-5-4-6-15(16)18/h4-11,13H,1-3H3,(H,19,21). The number of nitrogens with one attached hydrogen (secondary N) is 1. The van der Waals surface area contributed by atoms with Crippen LogP contribution >= 0.6 is 15.9 Å². The summed E-state index contributed by atoms with van der Waals surface area (Å²) < 4.78 is 26.3. The van der Waals surface area contributed by atoms with Crippen molar-refractivity contribution in [1.29, 1.82) is 0 Å². The molecule has 0 saturated heterocycles. The van der Waals surface area contributed by atoms with Crippen molar-refractivity contribution in [3.8, 4) is 0 Å². The van der Waals surface area contributed by atoms with E-state index in [1.807, 2.05) is 25.1 Å². The maximum atomic E-state index is 12.6. The number of benzene rings is 2. The molecular formula is C17H19BrN2O3S. The highest BCUT2D eigenvalue weighted by atomic mass is 79.9. The molecule has 2 rings (SSSR count). The average Bonchev–Trinajstić information content (AvgIpc) is 2.50. The van der Waals surface area contributed by atoms with Crippen molar-refractivity contribution in [3.63, 3.8) is 0 Å². The highest BCUT2D eigenvalue weighted by Crippen LogP contribution is 2.24. The highest BCUT2D eigenvalue weighted by molar-refractivity contribution is 9.10. The summed E-state index contributed by atoms with van der Waals surface area (Å²) >= 11 is 3.36. The number of anilines is 2. The van der Waals surface area contributed by atoms with Crippen molar-refractivity contribution < 1.29 is 13.2 Å². The molecule has 0 heterocycles. The van der Waals surface area contributed by atoms with Gasteiger partial charge in [-0.15, -0.1) is 0 Å². The van der Waals surface area contributed by atoms with Crippen LogP contribution in [0, 0.1) is 6.92 Å². The zero-order chi connectivity index (χ0) is 17.9. The van der Waals surface area contributed by atoms with E-state index in [0.29, 0.717) is 11.4 Å². The molecule has 0 bridgehead atoms. The Bertz CT molecular complexity index is 835. The molecule has 1 unspecified atom stereocenters. The SMILES string of the molecule is Cc1ccc(N(C(C)C(=O)Nc2ccccc2Br)S(C)(=O)=O)cc1. The molecule has 128 valence electrons. The first-order valence-electron chi connectivity index (χ1n) is 7.31. The molecule has 0 aliphatic heterocycles. The van der Waals surface area contributed by atoms with Crippen LogP contribution < -0.4 is 9.62 Å². The van der Waals surface area contributed by atoms with E-state index in [2.05, 4.69) is 21.2 Å². The smallest absolute Gasteiger partial charge is 0.248 e. The lowest BCUT2D eigenvalue weighted by Crippen LogP contribution is -2.45. The third-order valence-corrected chi connectivity index (χ3v) is 5.44. The third-order valence-electron chi connectivity index (χ3n) is 3.51. The maximum Gasteiger partial charge on any atom is 0.248 e. The largest absolute Gasteiger partial charge is 0.323 e. The van der Waals surface area contributed by atoms with Crippen LogP contribution in [-0.4, -0.2) is 26.6 Å². The predicted molar refractivity (Wildman–Crippen MR) is 101 cm³/mol. The first-order chi connectivity index (χ1) is 11.2. The first kappa shape index (κ1) is 18.5. The molecule has 0 saturated carbocycles. The molecular weight excluding hydrogens is 392 g/mol. The van der Waals surface area contributed by atoms with Gasteiger partial charge in [0.1, 0.15) is 6.04 Å². The molecule has 1 N–H and O–H groups in total. The van der Waals surface area contributed by atoms with Crippen LogP contribution in [0.25, 0.3) is 0 Å². The Morgan fingerprint density at radius 1 is 1.12 bits per heavy atom. The summed E-state index contributed by atoms with van der Waals surface area (Å²) in [6, 6.07) is 13.3. The lowest BCUT2D eigenvalue weighted by molar-refractivity contribution is -0.116. The van der Waals surface area contributed by atoms with Gasteiger partial charge in [-0.05, 0) is 54.0 Å². The number of hydrogen-bond donors (Lipinski definition) is 1. The van der Waals surface area contributed by atoms with Gasteiger partial charge in [0.25, 0.3) is 0 Å². The summed E-state index contributed by atoms with van der Waals surface area (Å²) in [6.45, 7) is 3.48. The second-order valence-corrected chi connectivity index (χ2v) is 8.25. The number of amides is 1. The van der Waals surface area contributed by atoms with Crippen LogP contribution in [-0.2, 0) is 14.8 Å². The topological polar surface area (TPSA) is 66.5 Å². The number of nitrogens with zero attached hydrogens (tertiary/aromatic N) is 1. The van der Waals surface area contributed by atoms with Gasteiger partial charge in [-0.1, -0.05) is 29.8 Å². The molecule has 5 nitrogen and oxygen atoms in total. The molecule has 1 atom stereocenters. The number of hydrogen-bond acceptors (Lipinski definition) is 3. The minimum absolute atomic E-state index is 0.409. The van der Waals surface area contributed by atoms with E-state index in [4.69, 9.17) is 0 Å². The zero-order valence-corrected chi connectivity index (χ0v) is 16.1. The fraction of sp³-hybridized carbons (Fsp3) is 0.235. The van der Waals surface area contributed by atoms with Crippen molar-refractivity contribution >= 4 is 43.2 Å². The Labute approximate surface area is 150 Å². The summed E-state index contributed by atoms with van der Waals surface area (Å²) in [7, 11) is -3.62. The van der Waals surface area contributed by atoms with Gasteiger partial charge >= 0.3 is 0 Å². The van der Waals surface area contributed by atoms with E-state index < -0.39 is 22.0 Å². The fourth-order valence-corrected chi connectivity index (χ4v) is 3.86. The predicted octanol–water partition coefficient (Wildman–Crippen LogP) is 3.55. The van der Waals surface area contributed by atoms with Gasteiger partial charge < -0.3 is 5.32 Å². The second-order valence-electron chi connectivity index (χ2n) is 5.54. The van der Waals surface area contributed by atoms with Gasteiger partial charge in [0.2, 0.25) is 15.9 Å². The van der Waals surface area contributed by atoms with Crippen LogP contribution in [0.5, 0.6) is 0 Å². The van der Waals surface area contributed by atoms with Crippen molar-refractivity contribution in [2.24, 2.45) is 0 Å². The fourth-order valence-electron chi connectivity index (χ4n) is 2.30. The van der Waals surface area contributed by atoms with Gasteiger partial charge in [-0.25, -0.2) is 8.42 Å². The van der Waals surface area contributed by atoms with Crippen LogP contribution in [0.15, 0.2) is 53.0 Å². The van der Waals surface area contributed by atoms with Crippen molar-refractivity contribution in [2.75, 3.05) is 15.9 Å². The number of halogens is 1. The van der Waals surface area contributed by atoms with Crippen molar-refractivity contribution in [3.05, 3.63) is 58.6 Å². The number of rotatable bonds is 5. The van der Waals surface area contributed by atoms with E-state index >= 15 is 0 Å². The maximum absolute atomic E-state index is 12.6. The normalized spacial score (nSPS) is 12.5. The summed E-state index contributed by atoms with van der Waals surface area (Å²) in [5.41, 5.74) is 2.06. The monoisotopic (exact) mass is 410 g/mol. The van der Waals surface area contributed by atoms with Gasteiger partial charge in [0.05, 0.1) is 17.6 Å². The number of para-hydroxylation sites is 1. The summed E-state index contributed by atoms with van der Waals surface area (Å²) in [5, 5.41) is 2.75. The molecule has 7 heteroatoms. The number of sulfonamides is 1. The second kappa shape index (κ2) is 7.36. The van der Waals surface area contributed by atoms with E-state index in [1.165, 1.54) is 0 Å². The Morgan fingerprint density at radius 3 is 2.25 bits per heavy atom. The molecule has 0 aliphatic carbocycles. The van der Waals surface area contributed by atoms with Crippen LogP contribution in [0.1, 0.15) is 12.5 Å². The van der Waals surface area contributed by atoms with Gasteiger partial charge in [-0.2, -0.15) is 0 Å². The zero-order valence-electron chi connectivity index (χ0n) is 13.7. The Balaban J connectivity index is 2.31. The van der Waals surface area contributed by atoms with Gasteiger partial charge in [0.15, 0.2) is 0 Å².